The van der Waals surface area contributed by atoms with Crippen LogP contribution in [0.5, 0.6) is 5.75 Å². The minimum atomic E-state index is -4.06. The van der Waals surface area contributed by atoms with Gasteiger partial charge in [-0.25, -0.2) is 17.9 Å². The molecule has 1 unspecified atom stereocenters. The summed E-state index contributed by atoms with van der Waals surface area (Å²) in [6.07, 6.45) is 0. The molecule has 7 N–H and O–H groups in total. The van der Waals surface area contributed by atoms with Crippen molar-refractivity contribution in [2.24, 2.45) is 5.73 Å². The van der Waals surface area contributed by atoms with Gasteiger partial charge < -0.3 is 35.8 Å². The number of aryl methyl sites for hydroxylation is 1. The van der Waals surface area contributed by atoms with E-state index in [4.69, 9.17) is 30.5 Å². The van der Waals surface area contributed by atoms with Crippen LogP contribution >= 0.6 is 0 Å². The van der Waals surface area contributed by atoms with Crippen LogP contribution in [0.1, 0.15) is 42.3 Å². The number of aliphatic carboxylic acids is 1. The number of nitrogen functional groups attached to an aromatic ring is 1. The summed E-state index contributed by atoms with van der Waals surface area (Å²) < 4.78 is 39.0. The number of nitrogens with two attached hydrogens (primary N) is 1. The van der Waals surface area contributed by atoms with E-state index in [-0.39, 0.29) is 23.1 Å². The third kappa shape index (κ3) is 9.42. The molecule has 50 heavy (non-hydrogen) atoms. The molecular formula is C33H38N6O10S. The number of esters is 1. The van der Waals surface area contributed by atoms with Gasteiger partial charge in [-0.2, -0.15) is 0 Å². The van der Waals surface area contributed by atoms with Gasteiger partial charge in [0, 0.05) is 43.4 Å². The summed E-state index contributed by atoms with van der Waals surface area (Å²) in [5.74, 6) is -4.07. The van der Waals surface area contributed by atoms with Crippen molar-refractivity contribution in [2.45, 2.75) is 44.2 Å². The SMILES string of the molecule is CC(=O)O.CCOC(=O)[C@H](CNS(=O)(=O)c1ccc(C)cc1)NC(=O)C1(C)Oc2cc(NC(=O)c3ccc(C(=N)N)cc3)ccc2N(C)C1=O. The third-order valence-corrected chi connectivity index (χ3v) is 8.62. The van der Waals surface area contributed by atoms with E-state index >= 15 is 0 Å². The summed E-state index contributed by atoms with van der Waals surface area (Å²) in [6, 6.07) is 15.1. The average Bonchev–Trinajstić information content (AvgIpc) is 3.05. The Bertz CT molecular complexity index is 1890. The molecule has 4 rings (SSSR count). The zero-order chi connectivity index (χ0) is 37.4. The number of hydrogen-bond donors (Lipinski definition) is 6. The van der Waals surface area contributed by atoms with Crippen molar-refractivity contribution >= 4 is 56.9 Å². The van der Waals surface area contributed by atoms with Crippen molar-refractivity contribution in [1.82, 2.24) is 10.0 Å². The van der Waals surface area contributed by atoms with Gasteiger partial charge in [-0.05, 0) is 57.2 Å². The number of carbonyl (C=O) groups is 5. The molecule has 3 amide bonds. The Hall–Kier alpha value is -5.81. The molecule has 266 valence electrons. The lowest BCUT2D eigenvalue weighted by atomic mass is 9.99. The lowest BCUT2D eigenvalue weighted by Gasteiger charge is -2.38. The van der Waals surface area contributed by atoms with Crippen molar-refractivity contribution in [3.05, 3.63) is 83.4 Å². The first-order valence-corrected chi connectivity index (χ1v) is 16.5. The van der Waals surface area contributed by atoms with Crippen LogP contribution in [-0.4, -0.2) is 80.9 Å². The molecule has 0 saturated carbocycles. The molecule has 0 bridgehead atoms. The molecule has 3 aromatic rings. The summed E-state index contributed by atoms with van der Waals surface area (Å²) in [5.41, 5.74) is 5.48. The van der Waals surface area contributed by atoms with Gasteiger partial charge in [-0.3, -0.25) is 24.6 Å². The quantitative estimate of drug-likeness (QED) is 0.0724. The molecule has 0 aliphatic carbocycles. The Balaban J connectivity index is 0.00000160. The van der Waals surface area contributed by atoms with Gasteiger partial charge >= 0.3 is 5.97 Å². The number of hydrogen-bond acceptors (Lipinski definition) is 10. The number of nitrogens with zero attached hydrogens (tertiary/aromatic N) is 1. The predicted molar refractivity (Wildman–Crippen MR) is 183 cm³/mol. The van der Waals surface area contributed by atoms with E-state index in [0.717, 1.165) is 12.5 Å². The van der Waals surface area contributed by atoms with Crippen LogP contribution in [0.3, 0.4) is 0 Å². The van der Waals surface area contributed by atoms with Crippen molar-refractivity contribution < 1.29 is 47.0 Å². The lowest BCUT2D eigenvalue weighted by molar-refractivity contribution is -0.153. The fourth-order valence-corrected chi connectivity index (χ4v) is 5.56. The standard InChI is InChI=1S/C31H34N6O8S.C2H4O2/c1-5-44-28(39)23(17-34-46(42,43)22-13-6-18(2)7-14-22)36-29(40)31(3)30(41)37(4)24-15-12-21(16-25(24)45-31)35-27(38)20-10-8-19(9-11-20)26(32)33;1-2(3)4/h6-16,23,34H,5,17H2,1-4H3,(H3,32,33)(H,35,38)(H,36,40);1H3,(H,3,4)/t23-,31?;/m0./s1. The Morgan fingerprint density at radius 1 is 1.04 bits per heavy atom. The number of fused-ring (bicyclic) bond motifs is 1. The molecule has 1 heterocycles. The van der Waals surface area contributed by atoms with E-state index in [1.807, 2.05) is 0 Å². The fourth-order valence-electron chi connectivity index (χ4n) is 4.52. The fraction of sp³-hybridized carbons (Fsp3) is 0.273. The second kappa shape index (κ2) is 16.1. The molecule has 3 aromatic carbocycles. The van der Waals surface area contributed by atoms with E-state index < -0.39 is 57.9 Å². The molecule has 16 nitrogen and oxygen atoms in total. The van der Waals surface area contributed by atoms with Crippen LogP contribution in [0.4, 0.5) is 11.4 Å². The minimum absolute atomic E-state index is 0.0426. The Morgan fingerprint density at radius 3 is 2.18 bits per heavy atom. The normalized spacial score (nSPS) is 15.6. The largest absolute Gasteiger partial charge is 0.481 e. The second-order valence-corrected chi connectivity index (χ2v) is 12.9. The third-order valence-electron chi connectivity index (χ3n) is 7.18. The Kier molecular flexibility index (Phi) is 12.4. The van der Waals surface area contributed by atoms with Crippen molar-refractivity contribution in [1.29, 1.82) is 5.41 Å². The van der Waals surface area contributed by atoms with Crippen LogP contribution in [-0.2, 0) is 33.9 Å². The number of nitrogens with one attached hydrogen (secondary N) is 4. The molecule has 0 spiro atoms. The first-order valence-electron chi connectivity index (χ1n) is 15.0. The molecule has 0 aromatic heterocycles. The summed E-state index contributed by atoms with van der Waals surface area (Å²) in [5, 5.41) is 20.0. The average molecular weight is 711 g/mol. The van der Waals surface area contributed by atoms with E-state index in [9.17, 15) is 27.6 Å². The van der Waals surface area contributed by atoms with Gasteiger partial charge in [0.25, 0.3) is 29.3 Å². The number of likely N-dealkylation sites (N-methyl/N-ethyl adjacent to an activating group) is 1. The summed E-state index contributed by atoms with van der Waals surface area (Å²) >= 11 is 0. The molecule has 0 saturated heterocycles. The van der Waals surface area contributed by atoms with Gasteiger partial charge in [0.05, 0.1) is 17.2 Å². The monoisotopic (exact) mass is 710 g/mol. The summed E-state index contributed by atoms with van der Waals surface area (Å²) in [4.78, 5) is 62.7. The highest BCUT2D eigenvalue weighted by Crippen LogP contribution is 2.39. The summed E-state index contributed by atoms with van der Waals surface area (Å²) in [7, 11) is -2.63. The number of rotatable bonds is 11. The van der Waals surface area contributed by atoms with Gasteiger partial charge in [-0.1, -0.05) is 29.8 Å². The molecular weight excluding hydrogens is 672 g/mol. The zero-order valence-corrected chi connectivity index (χ0v) is 28.7. The van der Waals surface area contributed by atoms with Crippen LogP contribution < -0.4 is 30.7 Å². The zero-order valence-electron chi connectivity index (χ0n) is 27.9. The second-order valence-electron chi connectivity index (χ2n) is 11.1. The van der Waals surface area contributed by atoms with E-state index in [1.54, 1.807) is 32.0 Å². The Labute approximate surface area is 288 Å². The number of amidine groups is 1. The first kappa shape index (κ1) is 38.6. The maximum Gasteiger partial charge on any atom is 0.330 e. The highest BCUT2D eigenvalue weighted by molar-refractivity contribution is 7.89. The van der Waals surface area contributed by atoms with Crippen molar-refractivity contribution in [3.8, 4) is 5.75 Å². The first-order chi connectivity index (χ1) is 23.4. The lowest BCUT2D eigenvalue weighted by Crippen LogP contribution is -2.64. The van der Waals surface area contributed by atoms with Crippen LogP contribution in [0.2, 0.25) is 0 Å². The number of amides is 3. The number of carboxylic acid groups (broad SMARTS) is 1. The van der Waals surface area contributed by atoms with Gasteiger partial charge in [0.1, 0.15) is 17.6 Å². The van der Waals surface area contributed by atoms with E-state index in [1.165, 1.54) is 67.4 Å². The number of anilines is 2. The number of sulfonamides is 1. The number of carboxylic acids is 1. The van der Waals surface area contributed by atoms with E-state index in [2.05, 4.69) is 15.4 Å². The van der Waals surface area contributed by atoms with Crippen molar-refractivity contribution in [3.63, 3.8) is 0 Å². The highest BCUT2D eigenvalue weighted by atomic mass is 32.2. The number of benzene rings is 3. The van der Waals surface area contributed by atoms with Crippen LogP contribution in [0.15, 0.2) is 71.6 Å². The number of carbonyl (C=O) groups excluding carboxylic acids is 4. The van der Waals surface area contributed by atoms with Gasteiger partial charge in [0.15, 0.2) is 0 Å². The highest BCUT2D eigenvalue weighted by Gasteiger charge is 2.50. The van der Waals surface area contributed by atoms with E-state index in [0.29, 0.717) is 22.5 Å². The van der Waals surface area contributed by atoms with Gasteiger partial charge in [-0.15, -0.1) is 0 Å². The number of ether oxygens (including phenoxy) is 2. The summed E-state index contributed by atoms with van der Waals surface area (Å²) in [6.45, 7) is 5.03. The molecule has 2 atom stereocenters. The van der Waals surface area contributed by atoms with Crippen molar-refractivity contribution in [2.75, 3.05) is 30.4 Å². The topological polar surface area (TPSA) is 247 Å². The minimum Gasteiger partial charge on any atom is -0.481 e. The molecule has 0 radical (unpaired) electrons. The molecule has 17 heteroatoms. The van der Waals surface area contributed by atoms with Crippen LogP contribution in [0, 0.1) is 12.3 Å². The Morgan fingerprint density at radius 2 is 1.62 bits per heavy atom. The maximum atomic E-state index is 13.6. The molecule has 0 fully saturated rings. The molecule has 1 aliphatic rings. The smallest absolute Gasteiger partial charge is 0.330 e. The maximum absolute atomic E-state index is 13.6. The predicted octanol–water partition coefficient (Wildman–Crippen LogP) is 1.76. The van der Waals surface area contributed by atoms with Crippen LogP contribution in [0.25, 0.3) is 0 Å². The molecule has 1 aliphatic heterocycles. The van der Waals surface area contributed by atoms with Gasteiger partial charge in [0.2, 0.25) is 10.0 Å².